The normalized spacial score (nSPS) is 12.6. The van der Waals surface area contributed by atoms with E-state index in [2.05, 4.69) is 43.4 Å². The molecule has 0 aliphatic carbocycles. The standard InChI is InChI=1S/C19H24FN/c1-14(2)16-10-8-15(9-11-16)12-17(13-21-3)18-6-4-5-7-19(18)20/h4-11,14,17,21H,12-13H2,1-3H3. The van der Waals surface area contributed by atoms with Crippen molar-refractivity contribution >= 4 is 0 Å². The van der Waals surface area contributed by atoms with Crippen molar-refractivity contribution in [2.24, 2.45) is 0 Å². The van der Waals surface area contributed by atoms with Gasteiger partial charge in [0.2, 0.25) is 0 Å². The zero-order valence-corrected chi connectivity index (χ0v) is 13.1. The SMILES string of the molecule is CNCC(Cc1ccc(C(C)C)cc1)c1ccccc1F. The summed E-state index contributed by atoms with van der Waals surface area (Å²) in [6, 6.07) is 15.8. The molecule has 1 nitrogen and oxygen atoms in total. The molecule has 112 valence electrons. The fourth-order valence-corrected chi connectivity index (χ4v) is 2.67. The summed E-state index contributed by atoms with van der Waals surface area (Å²) < 4.78 is 14.0. The highest BCUT2D eigenvalue weighted by molar-refractivity contribution is 5.29. The van der Waals surface area contributed by atoms with Crippen LogP contribution in [0.15, 0.2) is 48.5 Å². The average Bonchev–Trinajstić information content (AvgIpc) is 2.48. The van der Waals surface area contributed by atoms with Gasteiger partial charge in [-0.2, -0.15) is 0 Å². The Morgan fingerprint density at radius 2 is 1.67 bits per heavy atom. The van der Waals surface area contributed by atoms with Gasteiger partial charge in [0.05, 0.1) is 0 Å². The van der Waals surface area contributed by atoms with Crippen LogP contribution in [-0.2, 0) is 6.42 Å². The van der Waals surface area contributed by atoms with E-state index in [0.717, 1.165) is 18.5 Å². The lowest BCUT2D eigenvalue weighted by Crippen LogP contribution is -2.20. The van der Waals surface area contributed by atoms with Crippen molar-refractivity contribution in [2.75, 3.05) is 13.6 Å². The molecule has 2 aromatic carbocycles. The summed E-state index contributed by atoms with van der Waals surface area (Å²) >= 11 is 0. The van der Waals surface area contributed by atoms with Crippen LogP contribution in [0.4, 0.5) is 4.39 Å². The molecule has 21 heavy (non-hydrogen) atoms. The number of nitrogens with one attached hydrogen (secondary N) is 1. The highest BCUT2D eigenvalue weighted by Gasteiger charge is 2.15. The van der Waals surface area contributed by atoms with Gasteiger partial charge in [-0.05, 0) is 42.1 Å². The van der Waals surface area contributed by atoms with Crippen LogP contribution < -0.4 is 5.32 Å². The summed E-state index contributed by atoms with van der Waals surface area (Å²) in [6.07, 6.45) is 0.847. The predicted octanol–water partition coefficient (Wildman–Crippen LogP) is 4.49. The lowest BCUT2D eigenvalue weighted by atomic mass is 9.90. The second kappa shape index (κ2) is 7.37. The van der Waals surface area contributed by atoms with E-state index in [4.69, 9.17) is 0 Å². The third-order valence-electron chi connectivity index (χ3n) is 3.92. The van der Waals surface area contributed by atoms with Crippen LogP contribution in [0.5, 0.6) is 0 Å². The summed E-state index contributed by atoms with van der Waals surface area (Å²) in [4.78, 5) is 0. The molecular formula is C19H24FN. The first-order valence-electron chi connectivity index (χ1n) is 7.59. The summed E-state index contributed by atoms with van der Waals surface area (Å²) in [5, 5.41) is 3.18. The maximum Gasteiger partial charge on any atom is 0.126 e. The van der Waals surface area contributed by atoms with Crippen LogP contribution in [0.25, 0.3) is 0 Å². The summed E-state index contributed by atoms with van der Waals surface area (Å²) in [5.41, 5.74) is 3.39. The molecule has 0 amide bonds. The predicted molar refractivity (Wildman–Crippen MR) is 87.3 cm³/mol. The largest absolute Gasteiger partial charge is 0.319 e. The molecule has 0 saturated heterocycles. The Kier molecular flexibility index (Phi) is 5.51. The molecular weight excluding hydrogens is 261 g/mol. The Morgan fingerprint density at radius 1 is 1.00 bits per heavy atom. The first kappa shape index (κ1) is 15.7. The van der Waals surface area contributed by atoms with Gasteiger partial charge in [0.25, 0.3) is 0 Å². The average molecular weight is 285 g/mol. The van der Waals surface area contributed by atoms with Crippen LogP contribution in [0.2, 0.25) is 0 Å². The number of hydrogen-bond donors (Lipinski definition) is 1. The van der Waals surface area contributed by atoms with Crippen molar-refractivity contribution in [1.82, 2.24) is 5.32 Å². The number of likely N-dealkylation sites (N-methyl/N-ethyl adjacent to an activating group) is 1. The molecule has 1 atom stereocenters. The second-order valence-electron chi connectivity index (χ2n) is 5.88. The minimum Gasteiger partial charge on any atom is -0.319 e. The van der Waals surface area contributed by atoms with Crippen LogP contribution in [0.1, 0.15) is 42.4 Å². The molecule has 0 saturated carbocycles. The van der Waals surface area contributed by atoms with E-state index in [0.29, 0.717) is 5.92 Å². The first-order valence-corrected chi connectivity index (χ1v) is 7.59. The third-order valence-corrected chi connectivity index (χ3v) is 3.92. The third kappa shape index (κ3) is 4.15. The van der Waals surface area contributed by atoms with E-state index in [9.17, 15) is 4.39 Å². The van der Waals surface area contributed by atoms with Crippen molar-refractivity contribution in [2.45, 2.75) is 32.1 Å². The highest BCUT2D eigenvalue weighted by atomic mass is 19.1. The Bertz CT molecular complexity index is 560. The number of halogens is 1. The molecule has 2 heteroatoms. The van der Waals surface area contributed by atoms with Crippen LogP contribution >= 0.6 is 0 Å². The lowest BCUT2D eigenvalue weighted by molar-refractivity contribution is 0.556. The van der Waals surface area contributed by atoms with Gasteiger partial charge in [-0.25, -0.2) is 4.39 Å². The van der Waals surface area contributed by atoms with Gasteiger partial charge < -0.3 is 5.32 Å². The minimum atomic E-state index is -0.114. The molecule has 0 heterocycles. The molecule has 2 aromatic rings. The van der Waals surface area contributed by atoms with Crippen molar-refractivity contribution < 1.29 is 4.39 Å². The van der Waals surface area contributed by atoms with Gasteiger partial charge in [0.15, 0.2) is 0 Å². The van der Waals surface area contributed by atoms with E-state index in [-0.39, 0.29) is 11.7 Å². The Morgan fingerprint density at radius 3 is 2.24 bits per heavy atom. The molecule has 0 bridgehead atoms. The summed E-state index contributed by atoms with van der Waals surface area (Å²) in [7, 11) is 1.91. The van der Waals surface area contributed by atoms with E-state index in [1.165, 1.54) is 11.1 Å². The quantitative estimate of drug-likeness (QED) is 0.824. The Labute approximate surface area is 127 Å². The molecule has 0 fully saturated rings. The van der Waals surface area contributed by atoms with E-state index in [1.807, 2.05) is 19.2 Å². The van der Waals surface area contributed by atoms with Gasteiger partial charge in [0.1, 0.15) is 5.82 Å². The molecule has 0 radical (unpaired) electrons. The number of rotatable bonds is 6. The Balaban J connectivity index is 2.18. The fraction of sp³-hybridized carbons (Fsp3) is 0.368. The fourth-order valence-electron chi connectivity index (χ4n) is 2.67. The van der Waals surface area contributed by atoms with E-state index in [1.54, 1.807) is 12.1 Å². The minimum absolute atomic E-state index is 0.114. The van der Waals surface area contributed by atoms with E-state index >= 15 is 0 Å². The summed E-state index contributed by atoms with van der Waals surface area (Å²) in [5.74, 6) is 0.580. The monoisotopic (exact) mass is 285 g/mol. The van der Waals surface area contributed by atoms with Gasteiger partial charge in [-0.15, -0.1) is 0 Å². The molecule has 1 N–H and O–H groups in total. The topological polar surface area (TPSA) is 12.0 Å². The zero-order valence-electron chi connectivity index (χ0n) is 13.1. The van der Waals surface area contributed by atoms with Crippen LogP contribution in [-0.4, -0.2) is 13.6 Å². The van der Waals surface area contributed by atoms with Crippen LogP contribution in [0, 0.1) is 5.82 Å². The second-order valence-corrected chi connectivity index (χ2v) is 5.88. The van der Waals surface area contributed by atoms with Gasteiger partial charge >= 0.3 is 0 Å². The molecule has 2 rings (SSSR count). The molecule has 0 spiro atoms. The van der Waals surface area contributed by atoms with Crippen molar-refractivity contribution in [3.8, 4) is 0 Å². The van der Waals surface area contributed by atoms with Gasteiger partial charge in [0, 0.05) is 12.5 Å². The first-order chi connectivity index (χ1) is 10.1. The summed E-state index contributed by atoms with van der Waals surface area (Å²) in [6.45, 7) is 5.16. The van der Waals surface area contributed by atoms with Crippen LogP contribution in [0.3, 0.4) is 0 Å². The smallest absolute Gasteiger partial charge is 0.126 e. The molecule has 0 aliphatic heterocycles. The Hall–Kier alpha value is -1.67. The van der Waals surface area contributed by atoms with Crippen molar-refractivity contribution in [1.29, 1.82) is 0 Å². The maximum absolute atomic E-state index is 14.0. The number of benzene rings is 2. The van der Waals surface area contributed by atoms with Crippen molar-refractivity contribution in [3.05, 3.63) is 71.0 Å². The number of hydrogen-bond acceptors (Lipinski definition) is 1. The van der Waals surface area contributed by atoms with Gasteiger partial charge in [-0.1, -0.05) is 56.3 Å². The molecule has 1 unspecified atom stereocenters. The lowest BCUT2D eigenvalue weighted by Gasteiger charge is -2.18. The molecule has 0 aromatic heterocycles. The van der Waals surface area contributed by atoms with Crippen molar-refractivity contribution in [3.63, 3.8) is 0 Å². The molecule has 0 aliphatic rings. The zero-order chi connectivity index (χ0) is 15.2. The highest BCUT2D eigenvalue weighted by Crippen LogP contribution is 2.24. The maximum atomic E-state index is 14.0. The van der Waals surface area contributed by atoms with Gasteiger partial charge in [-0.3, -0.25) is 0 Å². The van der Waals surface area contributed by atoms with E-state index < -0.39 is 0 Å².